The van der Waals surface area contributed by atoms with Crippen LogP contribution in [0.5, 0.6) is 0 Å². The van der Waals surface area contributed by atoms with E-state index in [1.165, 1.54) is 6.07 Å². The molecule has 0 unspecified atom stereocenters. The summed E-state index contributed by atoms with van der Waals surface area (Å²) in [6.07, 6.45) is -0.484. The number of carbonyl (C=O) groups excluding carboxylic acids is 1. The van der Waals surface area contributed by atoms with Crippen LogP contribution in [0.2, 0.25) is 0 Å². The van der Waals surface area contributed by atoms with Crippen molar-refractivity contribution in [3.63, 3.8) is 0 Å². The molecule has 0 amide bonds. The van der Waals surface area contributed by atoms with E-state index in [0.717, 1.165) is 37.8 Å². The molecule has 0 spiro atoms. The maximum atomic E-state index is 12.6. The lowest BCUT2D eigenvalue weighted by Gasteiger charge is -2.21. The molecule has 1 aromatic rings. The molecule has 2 rings (SSSR count). The normalized spacial score (nSPS) is 18.5. The van der Waals surface area contributed by atoms with E-state index in [0.29, 0.717) is 5.56 Å². The third-order valence-electron chi connectivity index (χ3n) is 4.00. The predicted molar refractivity (Wildman–Crippen MR) is 66.7 cm³/mol. The molecule has 0 bridgehead atoms. The molecular weight excluding hydrogens is 253 g/mol. The number of hydrogen-bond donors (Lipinski definition) is 0. The number of alkyl halides is 3. The number of benzene rings is 1. The summed E-state index contributed by atoms with van der Waals surface area (Å²) in [7, 11) is 0. The highest BCUT2D eigenvalue weighted by Gasteiger charge is 2.36. The average molecular weight is 270 g/mol. The lowest BCUT2D eigenvalue weighted by molar-refractivity contribution is -0.137. The van der Waals surface area contributed by atoms with Crippen LogP contribution < -0.4 is 0 Å². The Morgan fingerprint density at radius 3 is 2.47 bits per heavy atom. The number of Topliss-reactive ketones (excluding diaryl/α,β-unsaturated/α-hetero) is 1. The van der Waals surface area contributed by atoms with E-state index < -0.39 is 11.7 Å². The van der Waals surface area contributed by atoms with Gasteiger partial charge >= 0.3 is 6.18 Å². The third-order valence-corrected chi connectivity index (χ3v) is 4.00. The summed E-state index contributed by atoms with van der Waals surface area (Å²) in [5, 5.41) is 0. The highest BCUT2D eigenvalue weighted by molar-refractivity contribution is 5.86. The summed E-state index contributed by atoms with van der Waals surface area (Å²) in [4.78, 5) is 12.2. The van der Waals surface area contributed by atoms with Crippen LogP contribution in [0, 0.1) is 5.41 Å². The van der Waals surface area contributed by atoms with Crippen molar-refractivity contribution >= 4 is 5.78 Å². The topological polar surface area (TPSA) is 17.1 Å². The van der Waals surface area contributed by atoms with Gasteiger partial charge in [0.1, 0.15) is 5.78 Å². The smallest absolute Gasteiger partial charge is 0.299 e. The van der Waals surface area contributed by atoms with Crippen molar-refractivity contribution in [2.45, 2.75) is 45.2 Å². The molecule has 0 aliphatic heterocycles. The first-order valence-corrected chi connectivity index (χ1v) is 6.51. The largest absolute Gasteiger partial charge is 0.416 e. The molecule has 104 valence electrons. The number of halogens is 3. The van der Waals surface area contributed by atoms with E-state index in [9.17, 15) is 18.0 Å². The van der Waals surface area contributed by atoms with Crippen LogP contribution >= 0.6 is 0 Å². The molecule has 1 aliphatic carbocycles. The zero-order chi connectivity index (χ0) is 14.1. The number of rotatable bonds is 3. The van der Waals surface area contributed by atoms with E-state index in [-0.39, 0.29) is 17.6 Å². The molecule has 0 heterocycles. The molecule has 1 saturated carbocycles. The Hall–Kier alpha value is -1.32. The standard InChI is InChI=1S/C15H17F3O/c1-14(7-2-3-8-14)13(19)10-11-5-4-6-12(9-11)15(16,17)18/h4-6,9H,2-3,7-8,10H2,1H3. The Labute approximate surface area is 110 Å². The first-order valence-electron chi connectivity index (χ1n) is 6.51. The van der Waals surface area contributed by atoms with Gasteiger partial charge in [0.2, 0.25) is 0 Å². The molecule has 1 nitrogen and oxygen atoms in total. The van der Waals surface area contributed by atoms with E-state index in [2.05, 4.69) is 0 Å². The van der Waals surface area contributed by atoms with Crippen LogP contribution in [-0.2, 0) is 17.4 Å². The Bertz CT molecular complexity index is 471. The van der Waals surface area contributed by atoms with Gasteiger partial charge in [-0.2, -0.15) is 13.2 Å². The monoisotopic (exact) mass is 270 g/mol. The van der Waals surface area contributed by atoms with E-state index >= 15 is 0 Å². The second-order valence-electron chi connectivity index (χ2n) is 5.57. The Kier molecular flexibility index (Phi) is 3.70. The van der Waals surface area contributed by atoms with Gasteiger partial charge in [0.25, 0.3) is 0 Å². The zero-order valence-corrected chi connectivity index (χ0v) is 10.9. The number of hydrogen-bond acceptors (Lipinski definition) is 1. The van der Waals surface area contributed by atoms with Gasteiger partial charge in [0, 0.05) is 11.8 Å². The van der Waals surface area contributed by atoms with Crippen molar-refractivity contribution in [2.24, 2.45) is 5.41 Å². The van der Waals surface area contributed by atoms with Crippen LogP contribution in [-0.4, -0.2) is 5.78 Å². The quantitative estimate of drug-likeness (QED) is 0.795. The van der Waals surface area contributed by atoms with Crippen molar-refractivity contribution in [1.82, 2.24) is 0 Å². The Morgan fingerprint density at radius 1 is 1.26 bits per heavy atom. The van der Waals surface area contributed by atoms with Crippen molar-refractivity contribution in [3.8, 4) is 0 Å². The summed E-state index contributed by atoms with van der Waals surface area (Å²) < 4.78 is 37.8. The molecule has 19 heavy (non-hydrogen) atoms. The fraction of sp³-hybridized carbons (Fsp3) is 0.533. The van der Waals surface area contributed by atoms with Gasteiger partial charge in [-0.3, -0.25) is 4.79 Å². The molecule has 0 N–H and O–H groups in total. The lowest BCUT2D eigenvalue weighted by Crippen LogP contribution is -2.26. The second kappa shape index (κ2) is 4.99. The maximum Gasteiger partial charge on any atom is 0.416 e. The summed E-state index contributed by atoms with van der Waals surface area (Å²) in [5.74, 6) is 0.0596. The maximum absolute atomic E-state index is 12.6. The van der Waals surface area contributed by atoms with Crippen molar-refractivity contribution < 1.29 is 18.0 Å². The van der Waals surface area contributed by atoms with Crippen LogP contribution in [0.15, 0.2) is 24.3 Å². The van der Waals surface area contributed by atoms with Crippen molar-refractivity contribution in [1.29, 1.82) is 0 Å². The second-order valence-corrected chi connectivity index (χ2v) is 5.57. The van der Waals surface area contributed by atoms with E-state index in [1.807, 2.05) is 6.92 Å². The molecule has 1 fully saturated rings. The zero-order valence-electron chi connectivity index (χ0n) is 10.9. The van der Waals surface area contributed by atoms with Gasteiger partial charge in [-0.1, -0.05) is 38.0 Å². The minimum atomic E-state index is -4.35. The van der Waals surface area contributed by atoms with Gasteiger partial charge in [-0.25, -0.2) is 0 Å². The fourth-order valence-corrected chi connectivity index (χ4v) is 2.69. The van der Waals surface area contributed by atoms with Gasteiger partial charge in [0.15, 0.2) is 0 Å². The Morgan fingerprint density at radius 2 is 1.89 bits per heavy atom. The molecule has 4 heteroatoms. The highest BCUT2D eigenvalue weighted by atomic mass is 19.4. The fourth-order valence-electron chi connectivity index (χ4n) is 2.69. The van der Waals surface area contributed by atoms with Crippen LogP contribution in [0.4, 0.5) is 13.2 Å². The molecule has 0 aromatic heterocycles. The first-order chi connectivity index (χ1) is 8.81. The van der Waals surface area contributed by atoms with E-state index in [1.54, 1.807) is 6.07 Å². The first kappa shape index (κ1) is 14.1. The molecular formula is C15H17F3O. The molecule has 0 saturated heterocycles. The van der Waals surface area contributed by atoms with Gasteiger partial charge in [0.05, 0.1) is 5.56 Å². The van der Waals surface area contributed by atoms with Crippen LogP contribution in [0.3, 0.4) is 0 Å². The van der Waals surface area contributed by atoms with Gasteiger partial charge in [-0.05, 0) is 24.5 Å². The summed E-state index contributed by atoms with van der Waals surface area (Å²) in [5.41, 5.74) is -0.573. The van der Waals surface area contributed by atoms with Crippen LogP contribution in [0.1, 0.15) is 43.7 Å². The van der Waals surface area contributed by atoms with Crippen LogP contribution in [0.25, 0.3) is 0 Å². The SMILES string of the molecule is CC1(C(=O)Cc2cccc(C(F)(F)F)c2)CCCC1. The van der Waals surface area contributed by atoms with Crippen molar-refractivity contribution in [2.75, 3.05) is 0 Å². The molecule has 0 atom stereocenters. The summed E-state index contributed by atoms with van der Waals surface area (Å²) >= 11 is 0. The number of ketones is 1. The third kappa shape index (κ3) is 3.17. The highest BCUT2D eigenvalue weighted by Crippen LogP contribution is 2.39. The summed E-state index contributed by atoms with van der Waals surface area (Å²) in [6.45, 7) is 1.93. The molecule has 1 aliphatic rings. The number of carbonyl (C=O) groups is 1. The van der Waals surface area contributed by atoms with Gasteiger partial charge in [-0.15, -0.1) is 0 Å². The summed E-state index contributed by atoms with van der Waals surface area (Å²) in [6, 6.07) is 5.06. The Balaban J connectivity index is 2.13. The minimum Gasteiger partial charge on any atom is -0.299 e. The predicted octanol–water partition coefficient (Wildman–Crippen LogP) is 4.40. The van der Waals surface area contributed by atoms with E-state index in [4.69, 9.17) is 0 Å². The minimum absolute atomic E-state index is 0.0596. The van der Waals surface area contributed by atoms with Gasteiger partial charge < -0.3 is 0 Å². The molecule has 1 aromatic carbocycles. The molecule has 0 radical (unpaired) electrons. The average Bonchev–Trinajstić information content (AvgIpc) is 2.77. The lowest BCUT2D eigenvalue weighted by atomic mass is 9.81. The van der Waals surface area contributed by atoms with Crippen molar-refractivity contribution in [3.05, 3.63) is 35.4 Å².